The molecule has 7 nitrogen and oxygen atoms in total. The van der Waals surface area contributed by atoms with Crippen LogP contribution >= 0.6 is 0 Å². The maximum atomic E-state index is 13.0. The summed E-state index contributed by atoms with van der Waals surface area (Å²) in [6.07, 6.45) is -4.76. The molecule has 1 saturated heterocycles. The van der Waals surface area contributed by atoms with Crippen LogP contribution in [0.25, 0.3) is 0 Å². The summed E-state index contributed by atoms with van der Waals surface area (Å²) in [4.78, 5) is 12.3. The Hall–Kier alpha value is -2.63. The number of halogens is 3. The number of benzene rings is 2. The van der Waals surface area contributed by atoms with Gasteiger partial charge < -0.3 is 14.8 Å². The van der Waals surface area contributed by atoms with Crippen LogP contribution in [0.5, 0.6) is 5.75 Å². The number of hydrogen-bond acceptors (Lipinski definition) is 5. The topological polar surface area (TPSA) is 84.9 Å². The second-order valence-corrected chi connectivity index (χ2v) is 8.71. The Morgan fingerprint density at radius 3 is 2.52 bits per heavy atom. The molecule has 0 spiro atoms. The Morgan fingerprint density at radius 2 is 1.87 bits per heavy atom. The van der Waals surface area contributed by atoms with Gasteiger partial charge in [-0.05, 0) is 35.9 Å². The number of nitrogens with one attached hydrogen (secondary N) is 1. The van der Waals surface area contributed by atoms with Crippen LogP contribution in [0, 0.1) is 0 Å². The predicted octanol–water partition coefficient (Wildman–Crippen LogP) is 2.92. The lowest BCUT2D eigenvalue weighted by Crippen LogP contribution is -2.40. The van der Waals surface area contributed by atoms with Crippen LogP contribution in [0.15, 0.2) is 47.4 Å². The molecule has 0 aromatic heterocycles. The maximum absolute atomic E-state index is 13.0. The highest BCUT2D eigenvalue weighted by molar-refractivity contribution is 7.89. The zero-order chi connectivity index (χ0) is 22.6. The van der Waals surface area contributed by atoms with E-state index in [1.54, 1.807) is 0 Å². The molecule has 31 heavy (non-hydrogen) atoms. The van der Waals surface area contributed by atoms with Crippen LogP contribution in [0.1, 0.15) is 11.1 Å². The van der Waals surface area contributed by atoms with Crippen molar-refractivity contribution in [3.05, 3.63) is 53.6 Å². The van der Waals surface area contributed by atoms with Crippen molar-refractivity contribution in [1.29, 1.82) is 0 Å². The second-order valence-electron chi connectivity index (χ2n) is 6.81. The molecule has 2 aromatic rings. The van der Waals surface area contributed by atoms with E-state index < -0.39 is 27.7 Å². The number of sulfonamides is 1. The fourth-order valence-corrected chi connectivity index (χ4v) is 4.74. The van der Waals surface area contributed by atoms with Crippen molar-refractivity contribution in [2.24, 2.45) is 0 Å². The summed E-state index contributed by atoms with van der Waals surface area (Å²) in [5.74, 6) is -0.451. The Balaban J connectivity index is 1.79. The molecule has 11 heteroatoms. The first kappa shape index (κ1) is 23.0. The van der Waals surface area contributed by atoms with E-state index in [4.69, 9.17) is 9.47 Å². The molecule has 3 rings (SSSR count). The summed E-state index contributed by atoms with van der Waals surface area (Å²) in [7, 11) is -2.53. The normalized spacial score (nSPS) is 15.5. The highest BCUT2D eigenvalue weighted by Gasteiger charge is 2.31. The van der Waals surface area contributed by atoms with E-state index in [9.17, 15) is 26.4 Å². The zero-order valence-corrected chi connectivity index (χ0v) is 17.4. The van der Waals surface area contributed by atoms with Gasteiger partial charge in [0.2, 0.25) is 15.9 Å². The molecule has 1 fully saturated rings. The summed E-state index contributed by atoms with van der Waals surface area (Å²) in [6, 6.07) is 8.59. The highest BCUT2D eigenvalue weighted by atomic mass is 32.2. The minimum Gasteiger partial charge on any atom is -0.495 e. The van der Waals surface area contributed by atoms with Crippen molar-refractivity contribution in [2.45, 2.75) is 17.5 Å². The SMILES string of the molecule is COc1ccc(CC(=O)Nc2cccc(C(F)(F)F)c2)cc1S(=O)(=O)N1CCOCC1. The third-order valence-corrected chi connectivity index (χ3v) is 6.57. The summed E-state index contributed by atoms with van der Waals surface area (Å²) in [5.41, 5.74) is -0.514. The van der Waals surface area contributed by atoms with Gasteiger partial charge in [0.15, 0.2) is 0 Å². The highest BCUT2D eigenvalue weighted by Crippen LogP contribution is 2.31. The molecular weight excluding hydrogens is 437 g/mol. The van der Waals surface area contributed by atoms with Gasteiger partial charge in [-0.2, -0.15) is 17.5 Å². The molecule has 0 aliphatic carbocycles. The Bertz CT molecular complexity index is 1050. The van der Waals surface area contributed by atoms with E-state index in [-0.39, 0.29) is 49.1 Å². The fourth-order valence-electron chi connectivity index (χ4n) is 3.12. The van der Waals surface area contributed by atoms with Crippen LogP contribution in [-0.2, 0) is 32.2 Å². The molecule has 0 unspecified atom stereocenters. The molecule has 0 atom stereocenters. The maximum Gasteiger partial charge on any atom is 0.416 e. The molecule has 1 aliphatic heterocycles. The monoisotopic (exact) mass is 458 g/mol. The number of alkyl halides is 3. The van der Waals surface area contributed by atoms with Gasteiger partial charge in [0.05, 0.1) is 32.3 Å². The number of anilines is 1. The third-order valence-electron chi connectivity index (χ3n) is 4.65. The van der Waals surface area contributed by atoms with Gasteiger partial charge in [-0.3, -0.25) is 4.79 Å². The van der Waals surface area contributed by atoms with Gasteiger partial charge in [-0.25, -0.2) is 8.42 Å². The third kappa shape index (κ3) is 5.54. The van der Waals surface area contributed by atoms with Crippen molar-refractivity contribution in [2.75, 3.05) is 38.7 Å². The van der Waals surface area contributed by atoms with Crippen LogP contribution in [0.3, 0.4) is 0 Å². The first-order valence-electron chi connectivity index (χ1n) is 9.33. The minimum absolute atomic E-state index is 0.00509. The summed E-state index contributed by atoms with van der Waals surface area (Å²) < 4.78 is 76.2. The molecule has 1 amide bonds. The Kier molecular flexibility index (Phi) is 6.87. The quantitative estimate of drug-likeness (QED) is 0.720. The molecular formula is C20H21F3N2O5S. The smallest absolute Gasteiger partial charge is 0.416 e. The molecule has 1 aliphatic rings. The van der Waals surface area contributed by atoms with Crippen molar-refractivity contribution in [3.63, 3.8) is 0 Å². The zero-order valence-electron chi connectivity index (χ0n) is 16.6. The van der Waals surface area contributed by atoms with Gasteiger partial charge >= 0.3 is 6.18 Å². The molecule has 1 N–H and O–H groups in total. The number of nitrogens with zero attached hydrogens (tertiary/aromatic N) is 1. The number of hydrogen-bond donors (Lipinski definition) is 1. The summed E-state index contributed by atoms with van der Waals surface area (Å²) >= 11 is 0. The van der Waals surface area contributed by atoms with Gasteiger partial charge in [0.1, 0.15) is 10.6 Å². The number of carbonyl (C=O) groups excluding carboxylic acids is 1. The number of amides is 1. The van der Waals surface area contributed by atoms with E-state index in [0.29, 0.717) is 5.56 Å². The first-order chi connectivity index (χ1) is 14.6. The minimum atomic E-state index is -4.53. The van der Waals surface area contributed by atoms with Crippen LogP contribution < -0.4 is 10.1 Å². The fraction of sp³-hybridized carbons (Fsp3) is 0.350. The average Bonchev–Trinajstić information content (AvgIpc) is 2.74. The lowest BCUT2D eigenvalue weighted by Gasteiger charge is -2.26. The number of morpholine rings is 1. The number of ether oxygens (including phenoxy) is 2. The molecule has 1 heterocycles. The van der Waals surface area contributed by atoms with Gasteiger partial charge in [-0.15, -0.1) is 0 Å². The van der Waals surface area contributed by atoms with Gasteiger partial charge in [0, 0.05) is 18.8 Å². The molecule has 168 valence electrons. The van der Waals surface area contributed by atoms with Gasteiger partial charge in [0.25, 0.3) is 0 Å². The molecule has 0 radical (unpaired) electrons. The van der Waals surface area contributed by atoms with Crippen molar-refractivity contribution in [1.82, 2.24) is 4.31 Å². The van der Waals surface area contributed by atoms with E-state index in [0.717, 1.165) is 12.1 Å². The predicted molar refractivity (Wildman–Crippen MR) is 106 cm³/mol. The Morgan fingerprint density at radius 1 is 1.16 bits per heavy atom. The first-order valence-corrected chi connectivity index (χ1v) is 10.8. The molecule has 0 bridgehead atoms. The standard InChI is InChI=1S/C20H21F3N2O5S/c1-29-17-6-5-14(11-18(17)31(27,28)25-7-9-30-10-8-25)12-19(26)24-16-4-2-3-15(13-16)20(21,22)23/h2-6,11,13H,7-10,12H2,1H3,(H,24,26). The number of methoxy groups -OCH3 is 1. The van der Waals surface area contributed by atoms with Crippen molar-refractivity contribution < 1.29 is 35.9 Å². The van der Waals surface area contributed by atoms with Crippen LogP contribution in [0.2, 0.25) is 0 Å². The molecule has 2 aromatic carbocycles. The van der Waals surface area contributed by atoms with E-state index >= 15 is 0 Å². The second kappa shape index (κ2) is 9.25. The average molecular weight is 458 g/mol. The van der Waals surface area contributed by atoms with E-state index in [1.165, 1.54) is 41.7 Å². The van der Waals surface area contributed by atoms with E-state index in [2.05, 4.69) is 5.32 Å². The largest absolute Gasteiger partial charge is 0.495 e. The lowest BCUT2D eigenvalue weighted by atomic mass is 10.1. The molecule has 0 saturated carbocycles. The Labute approximate surface area is 177 Å². The number of rotatable bonds is 6. The van der Waals surface area contributed by atoms with Crippen molar-refractivity contribution in [3.8, 4) is 5.75 Å². The van der Waals surface area contributed by atoms with Crippen molar-refractivity contribution >= 4 is 21.6 Å². The van der Waals surface area contributed by atoms with E-state index in [1.807, 2.05) is 0 Å². The summed E-state index contributed by atoms with van der Waals surface area (Å²) in [6.45, 7) is 0.957. The number of carbonyl (C=O) groups is 1. The lowest BCUT2D eigenvalue weighted by molar-refractivity contribution is -0.137. The van der Waals surface area contributed by atoms with Crippen LogP contribution in [0.4, 0.5) is 18.9 Å². The summed E-state index contributed by atoms with van der Waals surface area (Å²) in [5, 5.41) is 2.41. The van der Waals surface area contributed by atoms with Gasteiger partial charge in [-0.1, -0.05) is 12.1 Å². The van der Waals surface area contributed by atoms with Crippen LogP contribution in [-0.4, -0.2) is 52.0 Å².